The third-order valence-electron chi connectivity index (χ3n) is 3.66. The van der Waals surface area contributed by atoms with Crippen molar-refractivity contribution in [3.63, 3.8) is 0 Å². The topological polar surface area (TPSA) is 0 Å². The molecule has 0 unspecified atom stereocenters. The van der Waals surface area contributed by atoms with E-state index in [4.69, 9.17) is 17.0 Å². The second-order valence-corrected chi connectivity index (χ2v) is 45.5. The van der Waals surface area contributed by atoms with Crippen molar-refractivity contribution in [1.82, 2.24) is 0 Å². The zero-order valence-electron chi connectivity index (χ0n) is 16.6. The summed E-state index contributed by atoms with van der Waals surface area (Å²) in [6.45, 7) is 15.3. The number of hydrogen-bond acceptors (Lipinski definition) is 0. The van der Waals surface area contributed by atoms with Gasteiger partial charge in [0.05, 0.1) is 0 Å². The molecule has 0 amide bonds. The Morgan fingerprint density at radius 3 is 1.58 bits per heavy atom. The van der Waals surface area contributed by atoms with E-state index in [0.29, 0.717) is 5.41 Å². The zero-order chi connectivity index (χ0) is 19.1. The molecule has 24 heavy (non-hydrogen) atoms. The van der Waals surface area contributed by atoms with Gasteiger partial charge in [0, 0.05) is 0 Å². The van der Waals surface area contributed by atoms with Crippen molar-refractivity contribution in [1.29, 1.82) is 0 Å². The standard InChI is InChI=1S/C10H15.C8H11.C2H6Ge.2ClH.Zr/c1-8-5-6-9(7-8)10(2,3)4;1-6-4-7(2)8(3)5-6;1-3-2;;;/h5-7H,1-4H3;4-5H,1-3H3;1-2H3;2*1H;/q2*-1;;;;+2/p-2. The van der Waals surface area contributed by atoms with Gasteiger partial charge >= 0.3 is 54.8 Å². The Balaban J connectivity index is 0.000000343. The summed E-state index contributed by atoms with van der Waals surface area (Å²) in [7, 11) is 10.6. The first-order chi connectivity index (χ1) is 10.8. The number of rotatable bonds is 0. The average molecular weight is 507 g/mol. The Kier molecular flexibility index (Phi) is 11.8. The molecule has 136 valence electrons. The molecule has 0 atom stereocenters. The van der Waals surface area contributed by atoms with Gasteiger partial charge < -0.3 is 0 Å². The summed E-state index contributed by atoms with van der Waals surface area (Å²) in [6, 6.07) is 11.0. The van der Waals surface area contributed by atoms with E-state index in [9.17, 15) is 0 Å². The van der Waals surface area contributed by atoms with Crippen LogP contribution in [0.4, 0.5) is 0 Å². The molecule has 0 fully saturated rings. The molecule has 0 radical (unpaired) electrons. The van der Waals surface area contributed by atoms with Gasteiger partial charge in [-0.3, -0.25) is 0 Å². The van der Waals surface area contributed by atoms with Gasteiger partial charge in [-0.15, -0.1) is 0 Å². The molecular formula is C20H32Cl2GeZr-2. The Labute approximate surface area is 165 Å². The van der Waals surface area contributed by atoms with Crippen molar-refractivity contribution in [2.45, 2.75) is 65.4 Å². The van der Waals surface area contributed by atoms with E-state index >= 15 is 0 Å². The molecule has 0 saturated carbocycles. The van der Waals surface area contributed by atoms with Crippen molar-refractivity contribution < 1.29 is 16.2 Å². The molecule has 0 bridgehead atoms. The minimum atomic E-state index is -1.59. The maximum absolute atomic E-state index is 5.65. The first kappa shape index (κ1) is 24.7. The monoisotopic (exact) mass is 506 g/mol. The van der Waals surface area contributed by atoms with E-state index in [0.717, 1.165) is 0 Å². The van der Waals surface area contributed by atoms with Crippen molar-refractivity contribution in [2.75, 3.05) is 0 Å². The number of aryl methyl sites for hydroxylation is 4. The van der Waals surface area contributed by atoms with Crippen LogP contribution in [0.1, 0.15) is 48.6 Å². The Bertz CT molecular complexity index is 620. The molecule has 0 aliphatic rings. The average Bonchev–Trinajstić information content (AvgIpc) is 2.97. The van der Waals surface area contributed by atoms with E-state index in [1.54, 1.807) is 0 Å². The van der Waals surface area contributed by atoms with Gasteiger partial charge in [0.15, 0.2) is 0 Å². The van der Waals surface area contributed by atoms with Gasteiger partial charge in [-0.2, -0.15) is 46.0 Å². The number of halogens is 2. The van der Waals surface area contributed by atoms with Crippen LogP contribution in [-0.4, -0.2) is 9.98 Å². The Morgan fingerprint density at radius 1 is 0.958 bits per heavy atom. The molecule has 2 rings (SSSR count). The molecule has 0 heterocycles. The SMILES string of the molecule is Cc1cc(C(C)(C)C)c[cH-]1.Cc1cc(C)c(C)[cH-]1.[CH3][Ge]([CH3])=[Zr]([Cl])[Cl]. The van der Waals surface area contributed by atoms with Gasteiger partial charge in [0.2, 0.25) is 0 Å². The van der Waals surface area contributed by atoms with Gasteiger partial charge in [-0.05, 0) is 0 Å². The fourth-order valence-corrected chi connectivity index (χ4v) is 1.98. The second kappa shape index (κ2) is 11.4. The molecule has 0 N–H and O–H groups in total. The third-order valence-corrected chi connectivity index (χ3v) is 38.1. The van der Waals surface area contributed by atoms with Crippen LogP contribution in [0.25, 0.3) is 0 Å². The second-order valence-electron chi connectivity index (χ2n) is 7.59. The molecule has 0 spiro atoms. The molecule has 0 aliphatic carbocycles. The normalized spacial score (nSPS) is 10.3. The molecule has 0 aliphatic heterocycles. The summed E-state index contributed by atoms with van der Waals surface area (Å²) in [6.07, 6.45) is 0. The summed E-state index contributed by atoms with van der Waals surface area (Å²) >= 11 is -1.59. The van der Waals surface area contributed by atoms with Crippen LogP contribution < -0.4 is 0 Å². The Morgan fingerprint density at radius 2 is 1.46 bits per heavy atom. The molecule has 2 aromatic rings. The van der Waals surface area contributed by atoms with E-state index in [2.05, 4.69) is 90.3 Å². The minimum absolute atomic E-state index is 0.314. The van der Waals surface area contributed by atoms with Gasteiger partial charge in [0.1, 0.15) is 0 Å². The van der Waals surface area contributed by atoms with Crippen LogP contribution in [0.15, 0.2) is 30.3 Å². The zero-order valence-corrected chi connectivity index (χ0v) is 22.7. The summed E-state index contributed by atoms with van der Waals surface area (Å²) in [5, 5.41) is 0. The predicted octanol–water partition coefficient (Wildman–Crippen LogP) is 7.51. The fraction of sp³-hybridized carbons (Fsp3) is 0.500. The van der Waals surface area contributed by atoms with Crippen LogP contribution in [0.2, 0.25) is 11.5 Å². The number of hydrogen-bond donors (Lipinski definition) is 0. The third kappa shape index (κ3) is 10.6. The molecular weight excluding hydrogens is 475 g/mol. The van der Waals surface area contributed by atoms with Crippen LogP contribution in [0.3, 0.4) is 0 Å². The van der Waals surface area contributed by atoms with E-state index in [1.807, 2.05) is 0 Å². The van der Waals surface area contributed by atoms with Crippen LogP contribution >= 0.6 is 17.0 Å². The first-order valence-electron chi connectivity index (χ1n) is 8.27. The van der Waals surface area contributed by atoms with E-state index in [-0.39, 0.29) is 0 Å². The van der Waals surface area contributed by atoms with Gasteiger partial charge in [0.25, 0.3) is 0 Å². The van der Waals surface area contributed by atoms with E-state index < -0.39 is 26.2 Å². The molecule has 2 aromatic carbocycles. The summed E-state index contributed by atoms with van der Waals surface area (Å²) in [4.78, 5) is 0. The van der Waals surface area contributed by atoms with Crippen molar-refractivity contribution in [2.24, 2.45) is 0 Å². The molecule has 0 aromatic heterocycles. The first-order valence-corrected chi connectivity index (χ1v) is 26.2. The van der Waals surface area contributed by atoms with E-state index in [1.165, 1.54) is 27.8 Å². The maximum atomic E-state index is 5.65. The Hall–Kier alpha value is 0.706. The van der Waals surface area contributed by atoms with Gasteiger partial charge in [-0.1, -0.05) is 53.9 Å². The molecule has 0 saturated heterocycles. The summed E-state index contributed by atoms with van der Waals surface area (Å²) in [5.74, 6) is 4.46. The van der Waals surface area contributed by atoms with Crippen molar-refractivity contribution in [3.8, 4) is 0 Å². The van der Waals surface area contributed by atoms with Crippen LogP contribution in [0, 0.1) is 27.7 Å². The molecule has 0 nitrogen and oxygen atoms in total. The quantitative estimate of drug-likeness (QED) is 0.256. The molecule has 4 heteroatoms. The summed E-state index contributed by atoms with van der Waals surface area (Å²) in [5.41, 5.74) is 7.30. The van der Waals surface area contributed by atoms with Crippen molar-refractivity contribution >= 4 is 27.0 Å². The fourth-order valence-electron chi connectivity index (χ4n) is 1.98. The summed E-state index contributed by atoms with van der Waals surface area (Å²) < 4.78 is 0. The van der Waals surface area contributed by atoms with Crippen LogP contribution in [-0.2, 0) is 21.7 Å². The van der Waals surface area contributed by atoms with Gasteiger partial charge in [-0.25, -0.2) is 12.1 Å². The van der Waals surface area contributed by atoms with Crippen molar-refractivity contribution in [3.05, 3.63) is 58.1 Å². The van der Waals surface area contributed by atoms with Crippen LogP contribution in [0.5, 0.6) is 0 Å². The predicted molar refractivity (Wildman–Crippen MR) is 111 cm³/mol.